The van der Waals surface area contributed by atoms with Crippen LogP contribution in [0.15, 0.2) is 53.4 Å². The minimum absolute atomic E-state index is 0.146. The van der Waals surface area contributed by atoms with Gasteiger partial charge in [-0.05, 0) is 32.0 Å². The number of para-hydroxylation sites is 1. The number of nitrogens with one attached hydrogen (secondary N) is 1. The van der Waals surface area contributed by atoms with Crippen LogP contribution in [0.1, 0.15) is 18.1 Å². The molecule has 0 saturated carbocycles. The monoisotopic (exact) mass is 347 g/mol. The topological polar surface area (TPSA) is 72.5 Å². The third-order valence-corrected chi connectivity index (χ3v) is 5.90. The first-order chi connectivity index (χ1) is 11.4. The van der Waals surface area contributed by atoms with Crippen molar-refractivity contribution in [3.05, 3.63) is 59.7 Å². The molecule has 1 unspecified atom stereocenters. The summed E-state index contributed by atoms with van der Waals surface area (Å²) in [5.41, 5.74) is 1.75. The maximum atomic E-state index is 12.5. The van der Waals surface area contributed by atoms with Crippen molar-refractivity contribution in [2.45, 2.75) is 30.5 Å². The number of rotatable bonds is 6. The molecule has 0 fully saturated rings. The molecule has 0 aromatic heterocycles. The van der Waals surface area contributed by atoms with Crippen molar-refractivity contribution in [3.8, 4) is 5.75 Å². The largest absolute Gasteiger partial charge is 0.496 e. The fourth-order valence-corrected chi connectivity index (χ4v) is 3.54. The van der Waals surface area contributed by atoms with Crippen LogP contribution >= 0.6 is 0 Å². The highest BCUT2D eigenvalue weighted by Gasteiger charge is 2.29. The van der Waals surface area contributed by atoms with Gasteiger partial charge >= 0.3 is 0 Å². The summed E-state index contributed by atoms with van der Waals surface area (Å²) in [6, 6.07) is 13.7. The second kappa shape index (κ2) is 7.49. The maximum Gasteiger partial charge on any atom is 0.238 e. The van der Waals surface area contributed by atoms with Crippen LogP contribution in [0.5, 0.6) is 5.75 Å². The van der Waals surface area contributed by atoms with Crippen molar-refractivity contribution in [3.63, 3.8) is 0 Å². The quantitative estimate of drug-likeness (QED) is 0.871. The zero-order valence-corrected chi connectivity index (χ0v) is 14.8. The maximum absolute atomic E-state index is 12.5. The van der Waals surface area contributed by atoms with E-state index in [1.165, 1.54) is 19.1 Å². The van der Waals surface area contributed by atoms with Gasteiger partial charge in [0.1, 0.15) is 11.0 Å². The van der Waals surface area contributed by atoms with Gasteiger partial charge in [-0.15, -0.1) is 0 Å². The van der Waals surface area contributed by atoms with Crippen LogP contribution in [0.2, 0.25) is 0 Å². The third kappa shape index (κ3) is 3.94. The van der Waals surface area contributed by atoms with Gasteiger partial charge in [0.2, 0.25) is 5.91 Å². The zero-order chi connectivity index (χ0) is 17.7. The number of carbonyl (C=O) groups is 1. The van der Waals surface area contributed by atoms with E-state index in [0.29, 0.717) is 5.75 Å². The Kier molecular flexibility index (Phi) is 5.62. The van der Waals surface area contributed by atoms with E-state index in [-0.39, 0.29) is 11.4 Å². The van der Waals surface area contributed by atoms with Crippen LogP contribution < -0.4 is 10.1 Å². The number of hydrogen-bond donors (Lipinski definition) is 1. The molecule has 0 spiro atoms. The minimum Gasteiger partial charge on any atom is -0.496 e. The van der Waals surface area contributed by atoms with Crippen molar-refractivity contribution >= 4 is 15.7 Å². The van der Waals surface area contributed by atoms with E-state index in [0.717, 1.165) is 11.1 Å². The Labute approximate surface area is 142 Å². The SMILES string of the molecule is COc1ccccc1CNC(=O)C(C)S(=O)(=O)c1ccc(C)cc1. The summed E-state index contributed by atoms with van der Waals surface area (Å²) in [5.74, 6) is 0.105. The lowest BCUT2D eigenvalue weighted by Crippen LogP contribution is -2.37. The highest BCUT2D eigenvalue weighted by Crippen LogP contribution is 2.19. The van der Waals surface area contributed by atoms with Gasteiger partial charge in [-0.25, -0.2) is 8.42 Å². The van der Waals surface area contributed by atoms with Crippen molar-refractivity contribution < 1.29 is 17.9 Å². The van der Waals surface area contributed by atoms with Crippen LogP contribution in [-0.2, 0) is 21.2 Å². The normalized spacial score (nSPS) is 12.5. The molecular weight excluding hydrogens is 326 g/mol. The molecular formula is C18H21NO4S. The Morgan fingerprint density at radius 3 is 2.38 bits per heavy atom. The van der Waals surface area contributed by atoms with E-state index >= 15 is 0 Å². The molecule has 6 heteroatoms. The Morgan fingerprint density at radius 1 is 1.12 bits per heavy atom. The summed E-state index contributed by atoms with van der Waals surface area (Å²) in [6.07, 6.45) is 0. The van der Waals surface area contributed by atoms with E-state index in [1.807, 2.05) is 25.1 Å². The molecule has 1 amide bonds. The highest BCUT2D eigenvalue weighted by molar-refractivity contribution is 7.92. The predicted octanol–water partition coefficient (Wildman–Crippen LogP) is 2.48. The molecule has 2 aromatic carbocycles. The second-order valence-corrected chi connectivity index (χ2v) is 7.80. The number of amides is 1. The van der Waals surface area contributed by atoms with Crippen molar-refractivity contribution in [2.75, 3.05) is 7.11 Å². The van der Waals surface area contributed by atoms with Gasteiger partial charge in [0.25, 0.3) is 0 Å². The average molecular weight is 347 g/mol. The Hall–Kier alpha value is -2.34. The Morgan fingerprint density at radius 2 is 1.75 bits per heavy atom. The lowest BCUT2D eigenvalue weighted by Gasteiger charge is -2.14. The summed E-state index contributed by atoms with van der Waals surface area (Å²) >= 11 is 0. The lowest BCUT2D eigenvalue weighted by atomic mass is 10.2. The van der Waals surface area contributed by atoms with Gasteiger partial charge < -0.3 is 10.1 Å². The number of carbonyl (C=O) groups excluding carboxylic acids is 1. The third-order valence-electron chi connectivity index (χ3n) is 3.83. The highest BCUT2D eigenvalue weighted by atomic mass is 32.2. The number of hydrogen-bond acceptors (Lipinski definition) is 4. The molecule has 0 radical (unpaired) electrons. The van der Waals surface area contributed by atoms with Gasteiger partial charge in [0.15, 0.2) is 9.84 Å². The molecule has 0 bridgehead atoms. The van der Waals surface area contributed by atoms with Gasteiger partial charge in [0.05, 0.1) is 12.0 Å². The molecule has 2 aromatic rings. The van der Waals surface area contributed by atoms with E-state index in [2.05, 4.69) is 5.32 Å². The molecule has 2 rings (SSSR count). The van der Waals surface area contributed by atoms with Crippen molar-refractivity contribution in [1.29, 1.82) is 0 Å². The van der Waals surface area contributed by atoms with E-state index < -0.39 is 21.0 Å². The fraction of sp³-hybridized carbons (Fsp3) is 0.278. The number of ether oxygens (including phenoxy) is 1. The Bertz CT molecular complexity index is 813. The summed E-state index contributed by atoms with van der Waals surface area (Å²) in [5, 5.41) is 1.49. The molecule has 0 heterocycles. The minimum atomic E-state index is -3.72. The van der Waals surface area contributed by atoms with Crippen molar-refractivity contribution in [1.82, 2.24) is 5.32 Å². The first-order valence-electron chi connectivity index (χ1n) is 7.56. The number of aryl methyl sites for hydroxylation is 1. The fourth-order valence-electron chi connectivity index (χ4n) is 2.25. The Balaban J connectivity index is 2.10. The van der Waals surface area contributed by atoms with Crippen molar-refractivity contribution in [2.24, 2.45) is 0 Å². The smallest absolute Gasteiger partial charge is 0.238 e. The lowest BCUT2D eigenvalue weighted by molar-refractivity contribution is -0.120. The molecule has 0 saturated heterocycles. The molecule has 24 heavy (non-hydrogen) atoms. The second-order valence-electron chi connectivity index (χ2n) is 5.53. The van der Waals surface area contributed by atoms with Crippen LogP contribution in [-0.4, -0.2) is 26.7 Å². The molecule has 1 atom stereocenters. The summed E-state index contributed by atoms with van der Waals surface area (Å²) in [4.78, 5) is 12.4. The van der Waals surface area contributed by atoms with Crippen LogP contribution in [0.4, 0.5) is 0 Å². The molecule has 0 aliphatic rings. The van der Waals surface area contributed by atoms with Gasteiger partial charge in [-0.2, -0.15) is 0 Å². The summed E-state index contributed by atoms with van der Waals surface area (Å²) in [7, 11) is -2.17. The molecule has 0 aliphatic heterocycles. The van der Waals surface area contributed by atoms with Gasteiger partial charge in [0, 0.05) is 12.1 Å². The van der Waals surface area contributed by atoms with E-state index in [9.17, 15) is 13.2 Å². The molecule has 5 nitrogen and oxygen atoms in total. The van der Waals surface area contributed by atoms with Gasteiger partial charge in [-0.3, -0.25) is 4.79 Å². The van der Waals surface area contributed by atoms with E-state index in [1.54, 1.807) is 25.3 Å². The van der Waals surface area contributed by atoms with Crippen LogP contribution in [0.25, 0.3) is 0 Å². The standard InChI is InChI=1S/C18H21NO4S/c1-13-8-10-16(11-9-13)24(21,22)14(2)18(20)19-12-15-6-4-5-7-17(15)23-3/h4-11,14H,12H2,1-3H3,(H,19,20). The average Bonchev–Trinajstić information content (AvgIpc) is 2.59. The van der Waals surface area contributed by atoms with Crippen LogP contribution in [0, 0.1) is 6.92 Å². The molecule has 1 N–H and O–H groups in total. The first kappa shape index (κ1) is 18.0. The molecule has 128 valence electrons. The summed E-state index contributed by atoms with van der Waals surface area (Å²) < 4.78 is 30.3. The number of methoxy groups -OCH3 is 1. The zero-order valence-electron chi connectivity index (χ0n) is 13.9. The summed E-state index contributed by atoms with van der Waals surface area (Å²) in [6.45, 7) is 3.48. The predicted molar refractivity (Wildman–Crippen MR) is 92.7 cm³/mol. The van der Waals surface area contributed by atoms with Gasteiger partial charge in [-0.1, -0.05) is 35.9 Å². The molecule has 0 aliphatic carbocycles. The first-order valence-corrected chi connectivity index (χ1v) is 9.11. The van der Waals surface area contributed by atoms with E-state index in [4.69, 9.17) is 4.74 Å². The van der Waals surface area contributed by atoms with Crippen LogP contribution in [0.3, 0.4) is 0 Å². The number of benzene rings is 2. The number of sulfone groups is 1.